The van der Waals surface area contributed by atoms with Gasteiger partial charge in [0.2, 0.25) is 21.8 Å². The fourth-order valence-electron chi connectivity index (χ4n) is 8.20. The number of nitrogens with zero attached hydrogens (tertiary/aromatic N) is 3. The van der Waals surface area contributed by atoms with Crippen molar-refractivity contribution in [1.29, 1.82) is 0 Å². The highest BCUT2D eigenvalue weighted by Gasteiger charge is 2.63. The van der Waals surface area contributed by atoms with Crippen molar-refractivity contribution in [3.8, 4) is 10.6 Å². The monoisotopic (exact) mass is 779 g/mol. The third-order valence-electron chi connectivity index (χ3n) is 11.2. The summed E-state index contributed by atoms with van der Waals surface area (Å²) in [6.45, 7) is 6.00. The van der Waals surface area contributed by atoms with Crippen molar-refractivity contribution in [2.24, 2.45) is 23.7 Å². The molecule has 7 rings (SSSR count). The number of ether oxygens (including phenoxy) is 1. The zero-order chi connectivity index (χ0) is 38.4. The Balaban J connectivity index is 1.17. The van der Waals surface area contributed by atoms with Gasteiger partial charge < -0.3 is 19.9 Å². The molecule has 4 fully saturated rings. The zero-order valence-corrected chi connectivity index (χ0v) is 32.6. The van der Waals surface area contributed by atoms with E-state index in [1.54, 1.807) is 36.8 Å². The van der Waals surface area contributed by atoms with Crippen molar-refractivity contribution in [2.45, 2.75) is 101 Å². The molecule has 2 saturated carbocycles. The number of likely N-dealkylation sites (tertiary alicyclic amines) is 1. The van der Waals surface area contributed by atoms with Crippen LogP contribution in [0.25, 0.3) is 10.6 Å². The Labute approximate surface area is 320 Å². The normalized spacial score (nSPS) is 29.5. The summed E-state index contributed by atoms with van der Waals surface area (Å²) in [5, 5.41) is 3.03. The summed E-state index contributed by atoms with van der Waals surface area (Å²) >= 11 is 1.29. The predicted octanol–water partition coefficient (Wildman–Crippen LogP) is 4.06. The van der Waals surface area contributed by atoms with Crippen LogP contribution in [0.4, 0.5) is 0 Å². The number of thiazole rings is 1. The third kappa shape index (κ3) is 8.12. The minimum atomic E-state index is -3.89. The second-order valence-corrected chi connectivity index (χ2v) is 19.5. The van der Waals surface area contributed by atoms with Gasteiger partial charge >= 0.3 is 5.97 Å². The molecule has 13 nitrogen and oxygen atoms in total. The minimum Gasteiger partial charge on any atom is -0.460 e. The Morgan fingerprint density at radius 1 is 1.04 bits per heavy atom. The van der Waals surface area contributed by atoms with Crippen molar-refractivity contribution in [2.75, 3.05) is 19.6 Å². The molecule has 290 valence electrons. The Hall–Kier alpha value is -4.11. The van der Waals surface area contributed by atoms with E-state index in [1.807, 2.05) is 42.5 Å². The second kappa shape index (κ2) is 14.9. The van der Waals surface area contributed by atoms with E-state index in [0.29, 0.717) is 48.5 Å². The first-order valence-electron chi connectivity index (χ1n) is 19.0. The number of aromatic nitrogens is 1. The molecule has 2 aromatic rings. The smallest absolute Gasteiger partial charge is 0.307 e. The van der Waals surface area contributed by atoms with Crippen LogP contribution in [0.3, 0.4) is 0 Å². The number of benzene rings is 1. The largest absolute Gasteiger partial charge is 0.460 e. The average molecular weight is 780 g/mol. The summed E-state index contributed by atoms with van der Waals surface area (Å²) in [7, 11) is -3.89. The summed E-state index contributed by atoms with van der Waals surface area (Å²) in [5.41, 5.74) is -1.33. The van der Waals surface area contributed by atoms with E-state index in [2.05, 4.69) is 15.0 Å². The lowest BCUT2D eigenvalue weighted by atomic mass is 9.92. The molecule has 54 heavy (non-hydrogen) atoms. The molecule has 2 N–H and O–H groups in total. The molecule has 0 radical (unpaired) electrons. The number of esters is 1. The van der Waals surface area contributed by atoms with Crippen LogP contribution in [0.2, 0.25) is 0 Å². The van der Waals surface area contributed by atoms with E-state index in [0.717, 1.165) is 18.4 Å². The van der Waals surface area contributed by atoms with E-state index in [9.17, 15) is 32.4 Å². The van der Waals surface area contributed by atoms with Gasteiger partial charge in [-0.3, -0.25) is 28.7 Å². The molecule has 1 aromatic carbocycles. The second-order valence-electron chi connectivity index (χ2n) is 16.5. The highest BCUT2D eigenvalue weighted by molar-refractivity contribution is 7.91. The quantitative estimate of drug-likeness (QED) is 0.311. The molecule has 1 aromatic heterocycles. The Bertz CT molecular complexity index is 1940. The number of hydrogen-bond donors (Lipinski definition) is 2. The molecular formula is C39H49N5O8S2. The molecular weight excluding hydrogens is 731 g/mol. The molecule has 5 aliphatic rings. The van der Waals surface area contributed by atoms with Crippen LogP contribution < -0.4 is 10.0 Å². The molecule has 2 saturated heterocycles. The van der Waals surface area contributed by atoms with E-state index in [4.69, 9.17) is 4.74 Å². The van der Waals surface area contributed by atoms with Gasteiger partial charge in [0.15, 0.2) is 0 Å². The lowest BCUT2D eigenvalue weighted by Crippen LogP contribution is -2.58. The van der Waals surface area contributed by atoms with Crippen LogP contribution in [0.15, 0.2) is 48.7 Å². The lowest BCUT2D eigenvalue weighted by Gasteiger charge is -2.33. The zero-order valence-electron chi connectivity index (χ0n) is 31.0. The molecule has 3 aliphatic heterocycles. The van der Waals surface area contributed by atoms with Gasteiger partial charge in [0.1, 0.15) is 27.1 Å². The third-order valence-corrected chi connectivity index (χ3v) is 14.0. The van der Waals surface area contributed by atoms with E-state index < -0.39 is 68.0 Å². The van der Waals surface area contributed by atoms with E-state index in [-0.39, 0.29) is 43.7 Å². The van der Waals surface area contributed by atoms with Gasteiger partial charge in [0, 0.05) is 48.9 Å². The summed E-state index contributed by atoms with van der Waals surface area (Å²) in [4.78, 5) is 78.2. The Morgan fingerprint density at radius 2 is 1.80 bits per heavy atom. The molecule has 15 heteroatoms. The number of carbonyl (C=O) groups is 5. The maximum atomic E-state index is 14.6. The molecule has 2 aliphatic carbocycles. The predicted molar refractivity (Wildman–Crippen MR) is 201 cm³/mol. The van der Waals surface area contributed by atoms with Gasteiger partial charge in [-0.15, -0.1) is 11.3 Å². The van der Waals surface area contributed by atoms with Crippen LogP contribution in [0.5, 0.6) is 0 Å². The number of rotatable bonds is 7. The van der Waals surface area contributed by atoms with Crippen molar-refractivity contribution in [3.05, 3.63) is 53.6 Å². The maximum absolute atomic E-state index is 14.6. The van der Waals surface area contributed by atoms with Crippen LogP contribution in [-0.4, -0.2) is 94.9 Å². The maximum Gasteiger partial charge on any atom is 0.307 e. The minimum absolute atomic E-state index is 0.136. The van der Waals surface area contributed by atoms with E-state index in [1.165, 1.54) is 11.3 Å². The first kappa shape index (κ1) is 38.2. The number of nitrogens with one attached hydrogen (secondary N) is 2. The number of hydrogen-bond acceptors (Lipinski definition) is 10. The SMILES string of the molecule is CC(C)(C)OC(=O)C[C@@H]1CCCCC/C=C\[C@@H]2C[C@@]2(C(=O)NS(=O)(=O)C2CC2)NC(=O)[C@@H]2[C@H]3CN(C(=O)c4cnc(-c5ccccc5)s4)C[C@H]3CN2C1=O. The topological polar surface area (TPSA) is 172 Å². The average Bonchev–Trinajstić information content (AvgIpc) is 3.93. The lowest BCUT2D eigenvalue weighted by molar-refractivity contribution is -0.159. The number of sulfonamides is 1. The number of amides is 4. The molecule has 4 heterocycles. The van der Waals surface area contributed by atoms with Gasteiger partial charge in [-0.05, 0) is 59.3 Å². The van der Waals surface area contributed by atoms with Crippen LogP contribution in [0, 0.1) is 23.7 Å². The first-order chi connectivity index (χ1) is 25.6. The summed E-state index contributed by atoms with van der Waals surface area (Å²) in [5.74, 6) is -4.24. The summed E-state index contributed by atoms with van der Waals surface area (Å²) < 4.78 is 33.6. The number of fused-ring (bicyclic) bond motifs is 4. The van der Waals surface area contributed by atoms with Crippen LogP contribution >= 0.6 is 11.3 Å². The van der Waals surface area contributed by atoms with Gasteiger partial charge in [-0.25, -0.2) is 13.4 Å². The van der Waals surface area contributed by atoms with E-state index >= 15 is 0 Å². The van der Waals surface area contributed by atoms with Gasteiger partial charge in [0.05, 0.1) is 17.9 Å². The van der Waals surface area contributed by atoms with Crippen molar-refractivity contribution < 1.29 is 37.1 Å². The highest BCUT2D eigenvalue weighted by atomic mass is 32.2. The fraction of sp³-hybridized carbons (Fsp3) is 0.590. The van der Waals surface area contributed by atoms with Crippen molar-refractivity contribution in [1.82, 2.24) is 24.8 Å². The van der Waals surface area contributed by atoms with Gasteiger partial charge in [-0.1, -0.05) is 55.3 Å². The number of allylic oxidation sites excluding steroid dienone is 1. The standard InChI is InChI=1S/C39H49N5O8S2/c1-38(2,3)52-31(45)18-25-14-8-5-4-6-11-15-27-19-39(27,37(49)42-54(50,51)28-16-17-28)41-33(46)32-29-23-43(21-26(29)22-44(32)35(25)47)36(48)30-20-40-34(53-30)24-12-9-7-10-13-24/h7,9-13,15,20,25-29,32H,4-6,8,14,16-19,21-23H2,1-3H3,(H,41,46)(H,42,49)/b15-11-/t25-,26-,27+,29-,32-,39+/m0/s1. The summed E-state index contributed by atoms with van der Waals surface area (Å²) in [6, 6.07) is 8.53. The first-order valence-corrected chi connectivity index (χ1v) is 21.4. The Kier molecular flexibility index (Phi) is 10.5. The van der Waals surface area contributed by atoms with Crippen LogP contribution in [0.1, 0.15) is 88.2 Å². The fourth-order valence-corrected chi connectivity index (χ4v) is 10.4. The Morgan fingerprint density at radius 3 is 2.52 bits per heavy atom. The highest BCUT2D eigenvalue weighted by Crippen LogP contribution is 2.47. The molecule has 6 atom stereocenters. The van der Waals surface area contributed by atoms with Gasteiger partial charge in [-0.2, -0.15) is 0 Å². The summed E-state index contributed by atoms with van der Waals surface area (Å²) in [6.07, 6.45) is 9.92. The van der Waals surface area contributed by atoms with Gasteiger partial charge in [0.25, 0.3) is 11.8 Å². The van der Waals surface area contributed by atoms with Crippen LogP contribution in [-0.2, 0) is 33.9 Å². The molecule has 0 spiro atoms. The molecule has 0 bridgehead atoms. The van der Waals surface area contributed by atoms with Crippen molar-refractivity contribution >= 4 is 51.0 Å². The molecule has 0 unspecified atom stereocenters. The number of carbonyl (C=O) groups excluding carboxylic acids is 5. The molecule has 4 amide bonds. The van der Waals surface area contributed by atoms with Crippen molar-refractivity contribution in [3.63, 3.8) is 0 Å².